The fourth-order valence-corrected chi connectivity index (χ4v) is 3.19. The summed E-state index contributed by atoms with van der Waals surface area (Å²) in [7, 11) is 0. The Morgan fingerprint density at radius 1 is 1.00 bits per heavy atom. The minimum absolute atomic E-state index is 0.330. The van der Waals surface area contributed by atoms with Crippen LogP contribution in [0.15, 0.2) is 29.6 Å². The molecule has 0 saturated heterocycles. The van der Waals surface area contributed by atoms with E-state index in [0.29, 0.717) is 26.2 Å². The van der Waals surface area contributed by atoms with Crippen molar-refractivity contribution in [1.82, 2.24) is 0 Å². The summed E-state index contributed by atoms with van der Waals surface area (Å²) in [5.41, 5.74) is 0.826. The highest BCUT2D eigenvalue weighted by Crippen LogP contribution is 2.34. The molecule has 0 fully saturated rings. The molecule has 0 aliphatic carbocycles. The van der Waals surface area contributed by atoms with E-state index in [-0.39, 0.29) is 11.8 Å². The van der Waals surface area contributed by atoms with Crippen LogP contribution in [-0.4, -0.2) is 11.8 Å². The quantitative estimate of drug-likeness (QED) is 0.750. The molecule has 0 bridgehead atoms. The third-order valence-electron chi connectivity index (χ3n) is 2.60. The molecular weight excluding hydrogens is 293 g/mol. The zero-order valence-corrected chi connectivity index (χ0v) is 11.1. The van der Waals surface area contributed by atoms with Crippen molar-refractivity contribution in [1.29, 1.82) is 0 Å². The molecule has 1 aromatic carbocycles. The third kappa shape index (κ3) is 1.65. The van der Waals surface area contributed by atoms with E-state index in [1.807, 2.05) is 0 Å². The van der Waals surface area contributed by atoms with Crippen LogP contribution in [0.3, 0.4) is 0 Å². The Morgan fingerprint density at radius 2 is 1.67 bits per heavy atom. The lowest BCUT2D eigenvalue weighted by Gasteiger charge is -2.14. The molecule has 3 nitrogen and oxygen atoms in total. The number of halogens is 2. The first-order valence-electron chi connectivity index (χ1n) is 5.00. The van der Waals surface area contributed by atoms with E-state index in [2.05, 4.69) is 0 Å². The summed E-state index contributed by atoms with van der Waals surface area (Å²) < 4.78 is 0. The Hall–Kier alpha value is -1.36. The molecular formula is C12H5Cl2NO2S. The summed E-state index contributed by atoms with van der Waals surface area (Å²) in [5, 5.41) is 2.49. The molecule has 0 radical (unpaired) electrons. The molecule has 1 aliphatic heterocycles. The number of hydrogen-bond acceptors (Lipinski definition) is 3. The van der Waals surface area contributed by atoms with E-state index in [0.717, 1.165) is 4.90 Å². The smallest absolute Gasteiger partial charge is 0.268 e. The van der Waals surface area contributed by atoms with Gasteiger partial charge < -0.3 is 0 Å². The first kappa shape index (κ1) is 11.7. The monoisotopic (exact) mass is 297 g/mol. The van der Waals surface area contributed by atoms with E-state index in [4.69, 9.17) is 23.2 Å². The zero-order chi connectivity index (χ0) is 12.9. The summed E-state index contributed by atoms with van der Waals surface area (Å²) in [5.74, 6) is -0.669. The fraction of sp³-hybridized carbons (Fsp3) is 0. The lowest BCUT2D eigenvalue weighted by atomic mass is 10.3. The summed E-state index contributed by atoms with van der Waals surface area (Å²) >= 11 is 13.0. The maximum atomic E-state index is 12.1. The van der Waals surface area contributed by atoms with Gasteiger partial charge in [-0.2, -0.15) is 0 Å². The Morgan fingerprint density at radius 3 is 2.28 bits per heavy atom. The molecule has 0 spiro atoms. The first-order valence-corrected chi connectivity index (χ1v) is 6.64. The molecule has 3 rings (SSSR count). The van der Waals surface area contributed by atoms with Gasteiger partial charge in [0, 0.05) is 10.0 Å². The van der Waals surface area contributed by atoms with Crippen LogP contribution in [0.1, 0.15) is 20.0 Å². The Labute approximate surface area is 117 Å². The molecule has 18 heavy (non-hydrogen) atoms. The van der Waals surface area contributed by atoms with Crippen LogP contribution in [0, 0.1) is 0 Å². The summed E-state index contributed by atoms with van der Waals surface area (Å²) in [6.45, 7) is 0. The molecule has 1 aromatic heterocycles. The van der Waals surface area contributed by atoms with Gasteiger partial charge in [-0.3, -0.25) is 9.59 Å². The van der Waals surface area contributed by atoms with E-state index in [1.165, 1.54) is 11.3 Å². The van der Waals surface area contributed by atoms with Gasteiger partial charge in [0.25, 0.3) is 11.8 Å². The SMILES string of the molecule is O=C1c2ccsc2C(=O)N1c1cc(Cl)cc(Cl)c1. The summed E-state index contributed by atoms with van der Waals surface area (Å²) in [4.78, 5) is 25.8. The average molecular weight is 298 g/mol. The lowest BCUT2D eigenvalue weighted by molar-refractivity contribution is 0.0927. The maximum absolute atomic E-state index is 12.1. The highest BCUT2D eigenvalue weighted by atomic mass is 35.5. The molecule has 2 amide bonds. The van der Waals surface area contributed by atoms with Gasteiger partial charge >= 0.3 is 0 Å². The van der Waals surface area contributed by atoms with Gasteiger partial charge in [0.2, 0.25) is 0 Å². The van der Waals surface area contributed by atoms with Crippen molar-refractivity contribution in [3.8, 4) is 0 Å². The van der Waals surface area contributed by atoms with Crippen LogP contribution in [0.2, 0.25) is 10.0 Å². The molecule has 2 heterocycles. The Bertz CT molecular complexity index is 630. The first-order chi connectivity index (χ1) is 8.58. The van der Waals surface area contributed by atoms with Crippen molar-refractivity contribution >= 4 is 52.0 Å². The van der Waals surface area contributed by atoms with E-state index in [1.54, 1.807) is 29.6 Å². The third-order valence-corrected chi connectivity index (χ3v) is 3.94. The van der Waals surface area contributed by atoms with Crippen LogP contribution in [0.4, 0.5) is 5.69 Å². The zero-order valence-electron chi connectivity index (χ0n) is 8.81. The fourth-order valence-electron chi connectivity index (χ4n) is 1.86. The highest BCUT2D eigenvalue weighted by Gasteiger charge is 2.37. The minimum atomic E-state index is -0.338. The van der Waals surface area contributed by atoms with Gasteiger partial charge in [-0.05, 0) is 29.6 Å². The number of amides is 2. The predicted molar refractivity (Wildman–Crippen MR) is 71.9 cm³/mol. The molecule has 0 N–H and O–H groups in total. The van der Waals surface area contributed by atoms with Crippen molar-refractivity contribution in [3.63, 3.8) is 0 Å². The Balaban J connectivity index is 2.12. The normalized spacial score (nSPS) is 14.2. The summed E-state index contributed by atoms with van der Waals surface area (Å²) in [6.07, 6.45) is 0. The molecule has 1 aliphatic rings. The predicted octanol–water partition coefficient (Wildman–Crippen LogP) is 3.86. The molecule has 2 aromatic rings. The van der Waals surface area contributed by atoms with Crippen molar-refractivity contribution < 1.29 is 9.59 Å². The molecule has 6 heteroatoms. The lowest BCUT2D eigenvalue weighted by Crippen LogP contribution is -2.29. The van der Waals surface area contributed by atoms with E-state index >= 15 is 0 Å². The molecule has 90 valence electrons. The van der Waals surface area contributed by atoms with E-state index in [9.17, 15) is 9.59 Å². The van der Waals surface area contributed by atoms with Crippen LogP contribution >= 0.6 is 34.5 Å². The molecule has 0 unspecified atom stereocenters. The van der Waals surface area contributed by atoms with Gasteiger partial charge in [-0.25, -0.2) is 4.90 Å². The largest absolute Gasteiger partial charge is 0.276 e. The number of imide groups is 1. The van der Waals surface area contributed by atoms with Crippen molar-refractivity contribution in [2.75, 3.05) is 4.90 Å². The average Bonchev–Trinajstić information content (AvgIpc) is 2.83. The number of fused-ring (bicyclic) bond motifs is 1. The maximum Gasteiger partial charge on any atom is 0.276 e. The second-order valence-corrected chi connectivity index (χ2v) is 5.53. The number of anilines is 1. The number of carbonyl (C=O) groups is 2. The van der Waals surface area contributed by atoms with Gasteiger partial charge in [0.15, 0.2) is 0 Å². The van der Waals surface area contributed by atoms with Gasteiger partial charge in [-0.1, -0.05) is 23.2 Å². The number of rotatable bonds is 1. The van der Waals surface area contributed by atoms with Gasteiger partial charge in [0.1, 0.15) is 4.88 Å². The van der Waals surface area contributed by atoms with Crippen LogP contribution < -0.4 is 4.90 Å². The topological polar surface area (TPSA) is 37.4 Å². The van der Waals surface area contributed by atoms with Gasteiger partial charge in [0.05, 0.1) is 11.3 Å². The second-order valence-electron chi connectivity index (χ2n) is 3.74. The van der Waals surface area contributed by atoms with Crippen LogP contribution in [0.5, 0.6) is 0 Å². The number of hydrogen-bond donors (Lipinski definition) is 0. The number of thiophene rings is 1. The standard InChI is InChI=1S/C12H5Cl2NO2S/c13-6-3-7(14)5-8(4-6)15-11(16)9-1-2-18-10(9)12(15)17/h1-5H. The van der Waals surface area contributed by atoms with Gasteiger partial charge in [-0.15, -0.1) is 11.3 Å². The minimum Gasteiger partial charge on any atom is -0.268 e. The van der Waals surface area contributed by atoms with Crippen molar-refractivity contribution in [2.24, 2.45) is 0 Å². The second kappa shape index (κ2) is 4.09. The number of nitrogens with zero attached hydrogens (tertiary/aromatic N) is 1. The number of benzene rings is 1. The van der Waals surface area contributed by atoms with Crippen LogP contribution in [-0.2, 0) is 0 Å². The molecule has 0 atom stereocenters. The highest BCUT2D eigenvalue weighted by molar-refractivity contribution is 7.13. The van der Waals surface area contributed by atoms with Crippen molar-refractivity contribution in [2.45, 2.75) is 0 Å². The summed E-state index contributed by atoms with van der Waals surface area (Å²) in [6, 6.07) is 6.28. The molecule has 0 saturated carbocycles. The van der Waals surface area contributed by atoms with E-state index < -0.39 is 0 Å². The van der Waals surface area contributed by atoms with Crippen LogP contribution in [0.25, 0.3) is 0 Å². The Kier molecular flexibility index (Phi) is 2.66. The number of carbonyl (C=O) groups excluding carboxylic acids is 2. The van der Waals surface area contributed by atoms with Crippen molar-refractivity contribution in [3.05, 3.63) is 50.1 Å².